The van der Waals surface area contributed by atoms with Gasteiger partial charge >= 0.3 is 0 Å². The van der Waals surface area contributed by atoms with Crippen LogP contribution in [0.4, 0.5) is 0 Å². The van der Waals surface area contributed by atoms with Gasteiger partial charge in [-0.1, -0.05) is 0 Å². The van der Waals surface area contributed by atoms with Crippen molar-refractivity contribution < 1.29 is 14.3 Å². The van der Waals surface area contributed by atoms with E-state index in [0.29, 0.717) is 12.4 Å². The van der Waals surface area contributed by atoms with Crippen LogP contribution in [0.25, 0.3) is 0 Å². The molecular formula is C11H14N2O3S. The highest BCUT2D eigenvalue weighted by Gasteiger charge is 2.12. The van der Waals surface area contributed by atoms with Crippen molar-refractivity contribution in [2.75, 3.05) is 18.6 Å². The van der Waals surface area contributed by atoms with Gasteiger partial charge in [0.25, 0.3) is 5.91 Å². The fourth-order valence-corrected chi connectivity index (χ4v) is 1.48. The summed E-state index contributed by atoms with van der Waals surface area (Å²) < 4.78 is 5.40. The summed E-state index contributed by atoms with van der Waals surface area (Å²) in [5, 5.41) is 0. The van der Waals surface area contributed by atoms with Gasteiger partial charge in [0.2, 0.25) is 5.91 Å². The summed E-state index contributed by atoms with van der Waals surface area (Å²) in [5.41, 5.74) is 10.9. The number of thioether (sulfide) groups is 1. The van der Waals surface area contributed by atoms with Crippen LogP contribution in [-0.2, 0) is 0 Å². The van der Waals surface area contributed by atoms with Crippen LogP contribution in [0.15, 0.2) is 18.2 Å². The minimum absolute atomic E-state index is 0.246. The molecule has 5 nitrogen and oxygen atoms in total. The van der Waals surface area contributed by atoms with Gasteiger partial charge in [0.05, 0.1) is 12.2 Å². The Morgan fingerprint density at radius 1 is 1.29 bits per heavy atom. The predicted molar refractivity (Wildman–Crippen MR) is 67.4 cm³/mol. The number of nitrogens with two attached hydrogens (primary N) is 2. The third-order valence-electron chi connectivity index (χ3n) is 2.08. The summed E-state index contributed by atoms with van der Waals surface area (Å²) in [4.78, 5) is 22.2. The minimum Gasteiger partial charge on any atom is -0.492 e. The summed E-state index contributed by atoms with van der Waals surface area (Å²) in [6.45, 7) is 0.434. The van der Waals surface area contributed by atoms with E-state index in [2.05, 4.69) is 0 Å². The summed E-state index contributed by atoms with van der Waals surface area (Å²) in [7, 11) is 0. The number of amides is 2. The molecule has 0 aliphatic rings. The smallest absolute Gasteiger partial charge is 0.252 e. The molecule has 0 heterocycles. The number of carbonyl (C=O) groups is 2. The van der Waals surface area contributed by atoms with Gasteiger partial charge in [-0.05, 0) is 24.5 Å². The van der Waals surface area contributed by atoms with E-state index in [-0.39, 0.29) is 11.1 Å². The zero-order valence-corrected chi connectivity index (χ0v) is 10.3. The summed E-state index contributed by atoms with van der Waals surface area (Å²) in [6, 6.07) is 4.32. The Morgan fingerprint density at radius 2 is 2.00 bits per heavy atom. The average Bonchev–Trinajstić information content (AvgIpc) is 2.28. The van der Waals surface area contributed by atoms with Gasteiger partial charge in [0.1, 0.15) is 5.75 Å². The van der Waals surface area contributed by atoms with E-state index in [1.54, 1.807) is 11.8 Å². The molecule has 0 saturated carbocycles. The number of benzene rings is 1. The number of hydrogen-bond donors (Lipinski definition) is 2. The Hall–Kier alpha value is -1.69. The second kappa shape index (κ2) is 6.15. The van der Waals surface area contributed by atoms with Crippen molar-refractivity contribution in [3.63, 3.8) is 0 Å². The van der Waals surface area contributed by atoms with E-state index >= 15 is 0 Å². The molecule has 4 N–H and O–H groups in total. The van der Waals surface area contributed by atoms with Gasteiger partial charge in [-0.3, -0.25) is 9.59 Å². The Kier molecular flexibility index (Phi) is 4.84. The number of hydrogen-bond acceptors (Lipinski definition) is 4. The molecule has 92 valence electrons. The topological polar surface area (TPSA) is 95.4 Å². The molecule has 1 rings (SSSR count). The molecular weight excluding hydrogens is 240 g/mol. The molecule has 0 unspecified atom stereocenters. The molecule has 0 fully saturated rings. The lowest BCUT2D eigenvalue weighted by atomic mass is 10.1. The number of carbonyl (C=O) groups excluding carboxylic acids is 2. The first-order valence-electron chi connectivity index (χ1n) is 4.91. The maximum Gasteiger partial charge on any atom is 0.252 e. The first-order chi connectivity index (χ1) is 8.06. The van der Waals surface area contributed by atoms with Crippen molar-refractivity contribution in [3.8, 4) is 5.75 Å². The van der Waals surface area contributed by atoms with Crippen LogP contribution in [0.1, 0.15) is 20.7 Å². The molecule has 17 heavy (non-hydrogen) atoms. The van der Waals surface area contributed by atoms with E-state index < -0.39 is 11.8 Å². The Labute approximate surface area is 103 Å². The molecule has 1 aromatic carbocycles. The third-order valence-corrected chi connectivity index (χ3v) is 2.65. The van der Waals surface area contributed by atoms with E-state index in [4.69, 9.17) is 16.2 Å². The highest BCUT2D eigenvalue weighted by molar-refractivity contribution is 7.98. The zero-order chi connectivity index (χ0) is 12.8. The zero-order valence-electron chi connectivity index (χ0n) is 9.43. The Bertz CT molecular complexity index is 435. The molecule has 0 aliphatic carbocycles. The predicted octanol–water partition coefficient (Wildman–Crippen LogP) is 0.626. The largest absolute Gasteiger partial charge is 0.492 e. The van der Waals surface area contributed by atoms with E-state index in [1.807, 2.05) is 6.26 Å². The van der Waals surface area contributed by atoms with Crippen LogP contribution in [0.3, 0.4) is 0 Å². The number of rotatable bonds is 6. The van der Waals surface area contributed by atoms with Crippen LogP contribution in [-0.4, -0.2) is 30.4 Å². The molecule has 0 atom stereocenters. The molecule has 0 aromatic heterocycles. The van der Waals surface area contributed by atoms with Gasteiger partial charge in [-0.2, -0.15) is 11.8 Å². The SMILES string of the molecule is CSCCOc1cc(C(N)=O)ccc1C(N)=O. The fourth-order valence-electron chi connectivity index (χ4n) is 1.23. The molecule has 0 radical (unpaired) electrons. The summed E-state index contributed by atoms with van der Waals surface area (Å²) in [5.74, 6) is -0.0994. The third kappa shape index (κ3) is 3.67. The standard InChI is InChI=1S/C11H14N2O3S/c1-17-5-4-16-9-6-7(10(12)14)2-3-8(9)11(13)15/h2-3,6H,4-5H2,1H3,(H2,12,14)(H2,13,15). The molecule has 2 amide bonds. The highest BCUT2D eigenvalue weighted by atomic mass is 32.2. The fraction of sp³-hybridized carbons (Fsp3) is 0.273. The van der Waals surface area contributed by atoms with Gasteiger partial charge in [-0.25, -0.2) is 0 Å². The van der Waals surface area contributed by atoms with E-state index in [9.17, 15) is 9.59 Å². The van der Waals surface area contributed by atoms with Crippen LogP contribution in [0, 0.1) is 0 Å². The molecule has 0 aliphatic heterocycles. The summed E-state index contributed by atoms with van der Waals surface area (Å²) >= 11 is 1.61. The van der Waals surface area contributed by atoms with Crippen molar-refractivity contribution in [2.45, 2.75) is 0 Å². The van der Waals surface area contributed by atoms with Gasteiger partial charge in [0, 0.05) is 11.3 Å². The van der Waals surface area contributed by atoms with Gasteiger partial charge in [0.15, 0.2) is 0 Å². The first kappa shape index (κ1) is 13.4. The van der Waals surface area contributed by atoms with Gasteiger partial charge in [-0.15, -0.1) is 0 Å². The molecule has 0 bridgehead atoms. The molecule has 0 spiro atoms. The van der Waals surface area contributed by atoms with Crippen molar-refractivity contribution in [1.29, 1.82) is 0 Å². The van der Waals surface area contributed by atoms with Gasteiger partial charge < -0.3 is 16.2 Å². The Balaban J connectivity index is 2.98. The summed E-state index contributed by atoms with van der Waals surface area (Å²) in [6.07, 6.45) is 1.94. The van der Waals surface area contributed by atoms with Crippen LogP contribution >= 0.6 is 11.8 Å². The number of primary amides is 2. The lowest BCUT2D eigenvalue weighted by Crippen LogP contribution is -2.16. The maximum atomic E-state index is 11.2. The lowest BCUT2D eigenvalue weighted by Gasteiger charge is -2.10. The Morgan fingerprint density at radius 3 is 2.53 bits per heavy atom. The monoisotopic (exact) mass is 254 g/mol. The highest BCUT2D eigenvalue weighted by Crippen LogP contribution is 2.20. The van der Waals surface area contributed by atoms with Crippen molar-refractivity contribution in [3.05, 3.63) is 29.3 Å². The average molecular weight is 254 g/mol. The van der Waals surface area contributed by atoms with Crippen LogP contribution < -0.4 is 16.2 Å². The molecule has 0 saturated heterocycles. The van der Waals surface area contributed by atoms with E-state index in [0.717, 1.165) is 5.75 Å². The van der Waals surface area contributed by atoms with Crippen molar-refractivity contribution >= 4 is 23.6 Å². The van der Waals surface area contributed by atoms with Crippen LogP contribution in [0.2, 0.25) is 0 Å². The maximum absolute atomic E-state index is 11.2. The quantitative estimate of drug-likeness (QED) is 0.728. The second-order valence-corrected chi connectivity index (χ2v) is 4.27. The minimum atomic E-state index is -0.597. The first-order valence-corrected chi connectivity index (χ1v) is 6.31. The molecule has 1 aromatic rings. The van der Waals surface area contributed by atoms with Crippen LogP contribution in [0.5, 0.6) is 5.75 Å². The number of ether oxygens (including phenoxy) is 1. The van der Waals surface area contributed by atoms with Crippen molar-refractivity contribution in [2.24, 2.45) is 11.5 Å². The normalized spacial score (nSPS) is 9.94. The van der Waals surface area contributed by atoms with Crippen molar-refractivity contribution in [1.82, 2.24) is 0 Å². The van der Waals surface area contributed by atoms with E-state index in [1.165, 1.54) is 18.2 Å². The molecule has 6 heteroatoms. The lowest BCUT2D eigenvalue weighted by molar-refractivity contribution is 0.0985. The second-order valence-electron chi connectivity index (χ2n) is 3.28.